The summed E-state index contributed by atoms with van der Waals surface area (Å²) in [4.78, 5) is 7.20. The number of benzene rings is 8. The maximum absolute atomic E-state index is 6.41. The number of hydrogen-bond donors (Lipinski definition) is 0. The first-order valence-electron chi connectivity index (χ1n) is 17.5. The molecule has 52 heavy (non-hydrogen) atoms. The normalized spacial score (nSPS) is 11.8. The highest BCUT2D eigenvalue weighted by Crippen LogP contribution is 2.42. The standard InChI is InChI=1S/C47H29N3O2/c1-2-11-32(12-3-1)50-42-16-8-6-14-37(42)39-28-34(23-26-43(39)50)49(35-24-27-45-40(29-35)38-15-7-9-17-44(38)51-45)33-21-18-31(19-22-33)47-48-41-25-20-30-10-4-5-13-36(30)46(41)52-47/h1-29H. The summed E-state index contributed by atoms with van der Waals surface area (Å²) in [5.74, 6) is 0.603. The zero-order chi connectivity index (χ0) is 34.2. The topological polar surface area (TPSA) is 47.3 Å². The van der Waals surface area contributed by atoms with Gasteiger partial charge < -0.3 is 18.3 Å². The molecule has 0 aliphatic carbocycles. The van der Waals surface area contributed by atoms with Gasteiger partial charge in [0.05, 0.1) is 11.0 Å². The van der Waals surface area contributed by atoms with Crippen LogP contribution in [0.1, 0.15) is 0 Å². The minimum Gasteiger partial charge on any atom is -0.456 e. The van der Waals surface area contributed by atoms with Crippen LogP contribution in [0.3, 0.4) is 0 Å². The van der Waals surface area contributed by atoms with Gasteiger partial charge in [0.1, 0.15) is 16.7 Å². The van der Waals surface area contributed by atoms with Gasteiger partial charge in [-0.1, -0.05) is 84.9 Å². The molecule has 0 amide bonds. The first kappa shape index (κ1) is 28.7. The van der Waals surface area contributed by atoms with E-state index < -0.39 is 0 Å². The second-order valence-corrected chi connectivity index (χ2v) is 13.2. The van der Waals surface area contributed by atoms with Crippen molar-refractivity contribution in [3.8, 4) is 17.1 Å². The molecule has 0 fully saturated rings. The third-order valence-electron chi connectivity index (χ3n) is 10.2. The van der Waals surface area contributed by atoms with E-state index in [1.807, 2.05) is 30.3 Å². The van der Waals surface area contributed by atoms with Crippen LogP contribution in [0, 0.1) is 0 Å². The Kier molecular flexibility index (Phi) is 6.18. The van der Waals surface area contributed by atoms with Gasteiger partial charge in [-0.15, -0.1) is 0 Å². The van der Waals surface area contributed by atoms with E-state index in [0.29, 0.717) is 5.89 Å². The van der Waals surface area contributed by atoms with E-state index in [0.717, 1.165) is 77.6 Å². The molecular formula is C47H29N3O2. The summed E-state index contributed by atoms with van der Waals surface area (Å²) < 4.78 is 15.0. The molecule has 0 atom stereocenters. The fourth-order valence-corrected chi connectivity index (χ4v) is 7.79. The van der Waals surface area contributed by atoms with Crippen LogP contribution in [-0.2, 0) is 0 Å². The minimum absolute atomic E-state index is 0.603. The Hall–Kier alpha value is -7.11. The summed E-state index contributed by atoms with van der Waals surface area (Å²) >= 11 is 0. The number of para-hydroxylation sites is 3. The van der Waals surface area contributed by atoms with Crippen molar-refractivity contribution in [1.82, 2.24) is 9.55 Å². The van der Waals surface area contributed by atoms with Gasteiger partial charge in [-0.3, -0.25) is 0 Å². The summed E-state index contributed by atoms with van der Waals surface area (Å²) in [5.41, 5.74) is 10.9. The predicted octanol–water partition coefficient (Wildman–Crippen LogP) is 13.1. The highest BCUT2D eigenvalue weighted by molar-refractivity contribution is 6.11. The monoisotopic (exact) mass is 667 g/mol. The van der Waals surface area contributed by atoms with Crippen molar-refractivity contribution in [2.45, 2.75) is 0 Å². The molecule has 0 aliphatic heterocycles. The molecule has 0 bridgehead atoms. The molecule has 0 radical (unpaired) electrons. The number of anilines is 3. The van der Waals surface area contributed by atoms with E-state index in [9.17, 15) is 0 Å². The van der Waals surface area contributed by atoms with Crippen molar-refractivity contribution < 1.29 is 8.83 Å². The second kappa shape index (κ2) is 11.2. The summed E-state index contributed by atoms with van der Waals surface area (Å²) in [7, 11) is 0. The van der Waals surface area contributed by atoms with Crippen LogP contribution in [0.4, 0.5) is 17.1 Å². The molecule has 11 aromatic rings. The van der Waals surface area contributed by atoms with Crippen LogP contribution in [-0.4, -0.2) is 9.55 Å². The molecule has 5 heteroatoms. The largest absolute Gasteiger partial charge is 0.456 e. The fraction of sp³-hybridized carbons (Fsp3) is 0. The van der Waals surface area contributed by atoms with E-state index >= 15 is 0 Å². The fourth-order valence-electron chi connectivity index (χ4n) is 7.79. The maximum Gasteiger partial charge on any atom is 0.227 e. The van der Waals surface area contributed by atoms with Crippen molar-refractivity contribution in [3.05, 3.63) is 176 Å². The molecule has 0 saturated carbocycles. The number of nitrogens with zero attached hydrogens (tertiary/aromatic N) is 3. The molecule has 0 N–H and O–H groups in total. The second-order valence-electron chi connectivity index (χ2n) is 13.2. The molecule has 0 spiro atoms. The molecule has 244 valence electrons. The van der Waals surface area contributed by atoms with Gasteiger partial charge in [0.25, 0.3) is 0 Å². The maximum atomic E-state index is 6.41. The van der Waals surface area contributed by atoms with Crippen LogP contribution < -0.4 is 4.90 Å². The molecule has 0 saturated heterocycles. The van der Waals surface area contributed by atoms with Crippen LogP contribution in [0.15, 0.2) is 185 Å². The zero-order valence-corrected chi connectivity index (χ0v) is 27.9. The van der Waals surface area contributed by atoms with E-state index in [1.165, 1.54) is 16.3 Å². The average Bonchev–Trinajstić information content (AvgIpc) is 3.91. The van der Waals surface area contributed by atoms with Gasteiger partial charge in [-0.05, 0) is 96.4 Å². The molecule has 0 unspecified atom stereocenters. The molecule has 11 rings (SSSR count). The number of hydrogen-bond acceptors (Lipinski definition) is 4. The minimum atomic E-state index is 0.603. The van der Waals surface area contributed by atoms with E-state index in [2.05, 4.69) is 155 Å². The van der Waals surface area contributed by atoms with Gasteiger partial charge in [-0.25, -0.2) is 4.98 Å². The van der Waals surface area contributed by atoms with Crippen LogP contribution in [0.2, 0.25) is 0 Å². The number of fused-ring (bicyclic) bond motifs is 9. The van der Waals surface area contributed by atoms with Gasteiger partial charge in [-0.2, -0.15) is 0 Å². The SMILES string of the molecule is c1ccc(-n2c3ccccc3c3cc(N(c4ccc(-c5nc6ccc7ccccc7c6o5)cc4)c4ccc5oc6ccccc6c5c4)ccc32)cc1. The van der Waals surface area contributed by atoms with Crippen LogP contribution in [0.25, 0.3) is 82.8 Å². The van der Waals surface area contributed by atoms with E-state index in [-0.39, 0.29) is 0 Å². The van der Waals surface area contributed by atoms with Crippen molar-refractivity contribution in [2.75, 3.05) is 4.90 Å². The number of rotatable bonds is 5. The Bertz CT molecular complexity index is 3130. The Labute approximate surface area is 298 Å². The first-order valence-corrected chi connectivity index (χ1v) is 17.5. The molecule has 3 heterocycles. The lowest BCUT2D eigenvalue weighted by molar-refractivity contribution is 0.623. The lowest BCUT2D eigenvalue weighted by Crippen LogP contribution is -2.09. The van der Waals surface area contributed by atoms with E-state index in [1.54, 1.807) is 0 Å². The van der Waals surface area contributed by atoms with E-state index in [4.69, 9.17) is 13.8 Å². The lowest BCUT2D eigenvalue weighted by Gasteiger charge is -2.26. The summed E-state index contributed by atoms with van der Waals surface area (Å²) in [6.07, 6.45) is 0. The predicted molar refractivity (Wildman–Crippen MR) is 213 cm³/mol. The highest BCUT2D eigenvalue weighted by atomic mass is 16.3. The number of aromatic nitrogens is 2. The van der Waals surface area contributed by atoms with Gasteiger partial charge in [0.15, 0.2) is 5.58 Å². The van der Waals surface area contributed by atoms with Gasteiger partial charge >= 0.3 is 0 Å². The summed E-state index contributed by atoms with van der Waals surface area (Å²) in [6.45, 7) is 0. The summed E-state index contributed by atoms with van der Waals surface area (Å²) in [5, 5.41) is 6.77. The Balaban J connectivity index is 1.09. The van der Waals surface area contributed by atoms with Gasteiger partial charge in [0, 0.05) is 55.2 Å². The molecule has 0 aliphatic rings. The first-order chi connectivity index (χ1) is 25.8. The zero-order valence-electron chi connectivity index (χ0n) is 27.9. The van der Waals surface area contributed by atoms with Crippen molar-refractivity contribution in [3.63, 3.8) is 0 Å². The Morgan fingerprint density at radius 1 is 0.442 bits per heavy atom. The van der Waals surface area contributed by atoms with Crippen molar-refractivity contribution in [2.24, 2.45) is 0 Å². The Morgan fingerprint density at radius 3 is 1.96 bits per heavy atom. The van der Waals surface area contributed by atoms with Crippen LogP contribution >= 0.6 is 0 Å². The third-order valence-corrected chi connectivity index (χ3v) is 10.2. The highest BCUT2D eigenvalue weighted by Gasteiger charge is 2.20. The third kappa shape index (κ3) is 4.39. The quantitative estimate of drug-likeness (QED) is 0.183. The van der Waals surface area contributed by atoms with Crippen molar-refractivity contribution >= 4 is 82.7 Å². The van der Waals surface area contributed by atoms with Crippen molar-refractivity contribution in [1.29, 1.82) is 0 Å². The molecule has 8 aromatic carbocycles. The average molecular weight is 668 g/mol. The lowest BCUT2D eigenvalue weighted by atomic mass is 10.1. The number of furan rings is 1. The van der Waals surface area contributed by atoms with Crippen LogP contribution in [0.5, 0.6) is 0 Å². The smallest absolute Gasteiger partial charge is 0.227 e. The Morgan fingerprint density at radius 2 is 1.10 bits per heavy atom. The molecular weight excluding hydrogens is 639 g/mol. The van der Waals surface area contributed by atoms with Gasteiger partial charge in [0.2, 0.25) is 5.89 Å². The number of oxazole rings is 1. The molecule has 3 aromatic heterocycles. The summed E-state index contributed by atoms with van der Waals surface area (Å²) in [6, 6.07) is 61.6. The molecule has 5 nitrogen and oxygen atoms in total.